The van der Waals surface area contributed by atoms with Crippen LogP contribution in [0.2, 0.25) is 0 Å². The standard InChI is InChI=1S/C13H13BrO3/c1-2-5-17-13(16)11-7-8-6-9(14)3-4-10(8)12(11)15/h3-4,6,11H,2,5,7H2,1H3. The molecular formula is C13H13BrO3. The zero-order valence-corrected chi connectivity index (χ0v) is 11.1. The van der Waals surface area contributed by atoms with Gasteiger partial charge in [-0.1, -0.05) is 22.9 Å². The zero-order valence-electron chi connectivity index (χ0n) is 9.53. The van der Waals surface area contributed by atoms with Gasteiger partial charge in [-0.15, -0.1) is 0 Å². The molecule has 3 nitrogen and oxygen atoms in total. The van der Waals surface area contributed by atoms with E-state index in [-0.39, 0.29) is 5.78 Å². The van der Waals surface area contributed by atoms with E-state index in [2.05, 4.69) is 15.9 Å². The number of halogens is 1. The van der Waals surface area contributed by atoms with Crippen molar-refractivity contribution in [2.24, 2.45) is 5.92 Å². The van der Waals surface area contributed by atoms with Crippen LogP contribution < -0.4 is 0 Å². The first kappa shape index (κ1) is 12.3. The van der Waals surface area contributed by atoms with Crippen molar-refractivity contribution >= 4 is 27.7 Å². The predicted molar refractivity (Wildman–Crippen MR) is 66.9 cm³/mol. The molecule has 0 heterocycles. The van der Waals surface area contributed by atoms with E-state index in [1.165, 1.54) is 0 Å². The van der Waals surface area contributed by atoms with Gasteiger partial charge in [0, 0.05) is 10.0 Å². The van der Waals surface area contributed by atoms with Crippen LogP contribution in [-0.4, -0.2) is 18.4 Å². The zero-order chi connectivity index (χ0) is 12.4. The van der Waals surface area contributed by atoms with E-state index < -0.39 is 11.9 Å². The molecule has 1 aromatic rings. The number of ether oxygens (including phenoxy) is 1. The maximum atomic E-state index is 12.0. The molecular weight excluding hydrogens is 284 g/mol. The van der Waals surface area contributed by atoms with Gasteiger partial charge < -0.3 is 4.74 Å². The summed E-state index contributed by atoms with van der Waals surface area (Å²) in [5, 5.41) is 0. The summed E-state index contributed by atoms with van der Waals surface area (Å²) in [6, 6.07) is 5.46. The molecule has 0 saturated heterocycles. The van der Waals surface area contributed by atoms with Crippen LogP contribution in [0.5, 0.6) is 0 Å². The lowest BCUT2D eigenvalue weighted by atomic mass is 10.1. The number of carbonyl (C=O) groups excluding carboxylic acids is 2. The maximum Gasteiger partial charge on any atom is 0.317 e. The van der Waals surface area contributed by atoms with Crippen molar-refractivity contribution in [3.8, 4) is 0 Å². The summed E-state index contributed by atoms with van der Waals surface area (Å²) in [7, 11) is 0. The molecule has 90 valence electrons. The molecule has 1 unspecified atom stereocenters. The van der Waals surface area contributed by atoms with Gasteiger partial charge in [-0.25, -0.2) is 0 Å². The fraction of sp³-hybridized carbons (Fsp3) is 0.385. The van der Waals surface area contributed by atoms with Crippen molar-refractivity contribution in [1.82, 2.24) is 0 Å². The Morgan fingerprint density at radius 2 is 2.29 bits per heavy atom. The van der Waals surface area contributed by atoms with Gasteiger partial charge in [-0.3, -0.25) is 9.59 Å². The minimum absolute atomic E-state index is 0.117. The van der Waals surface area contributed by atoms with Gasteiger partial charge in [0.15, 0.2) is 5.78 Å². The van der Waals surface area contributed by atoms with Crippen molar-refractivity contribution in [3.63, 3.8) is 0 Å². The molecule has 1 aliphatic rings. The summed E-state index contributed by atoms with van der Waals surface area (Å²) in [5.74, 6) is -1.16. The molecule has 1 aliphatic carbocycles. The molecule has 1 atom stereocenters. The van der Waals surface area contributed by atoms with E-state index in [1.807, 2.05) is 19.1 Å². The lowest BCUT2D eigenvalue weighted by Crippen LogP contribution is -2.23. The number of hydrogen-bond donors (Lipinski definition) is 0. The van der Waals surface area contributed by atoms with Crippen LogP contribution in [0, 0.1) is 5.92 Å². The van der Waals surface area contributed by atoms with Crippen molar-refractivity contribution < 1.29 is 14.3 Å². The number of carbonyl (C=O) groups is 2. The third kappa shape index (κ3) is 2.41. The van der Waals surface area contributed by atoms with E-state index in [1.54, 1.807) is 6.07 Å². The number of ketones is 1. The molecule has 4 heteroatoms. The molecule has 1 aromatic carbocycles. The number of hydrogen-bond acceptors (Lipinski definition) is 3. The van der Waals surface area contributed by atoms with Gasteiger partial charge in [0.2, 0.25) is 0 Å². The molecule has 0 fully saturated rings. The Labute approximate surface area is 108 Å². The third-order valence-corrected chi connectivity index (χ3v) is 3.30. The average Bonchev–Trinajstić information content (AvgIpc) is 2.63. The Balaban J connectivity index is 2.16. The molecule has 0 aliphatic heterocycles. The first-order chi connectivity index (χ1) is 8.13. The van der Waals surface area contributed by atoms with Crippen molar-refractivity contribution in [1.29, 1.82) is 0 Å². The Bertz CT molecular complexity index is 468. The topological polar surface area (TPSA) is 43.4 Å². The average molecular weight is 297 g/mol. The molecule has 0 radical (unpaired) electrons. The van der Waals surface area contributed by atoms with Crippen LogP contribution in [0.3, 0.4) is 0 Å². The minimum Gasteiger partial charge on any atom is -0.465 e. The highest BCUT2D eigenvalue weighted by atomic mass is 79.9. The van der Waals surface area contributed by atoms with Crippen molar-refractivity contribution in [3.05, 3.63) is 33.8 Å². The number of rotatable bonds is 3. The van der Waals surface area contributed by atoms with Crippen LogP contribution in [0.25, 0.3) is 0 Å². The van der Waals surface area contributed by atoms with Crippen molar-refractivity contribution in [2.45, 2.75) is 19.8 Å². The lowest BCUT2D eigenvalue weighted by Gasteiger charge is -2.07. The second kappa shape index (κ2) is 5.00. The second-order valence-electron chi connectivity index (χ2n) is 4.09. The molecule has 2 rings (SSSR count). The van der Waals surface area contributed by atoms with E-state index in [4.69, 9.17) is 4.74 Å². The van der Waals surface area contributed by atoms with Gasteiger partial charge in [0.1, 0.15) is 5.92 Å². The smallest absolute Gasteiger partial charge is 0.317 e. The highest BCUT2D eigenvalue weighted by molar-refractivity contribution is 9.10. The second-order valence-corrected chi connectivity index (χ2v) is 5.01. The van der Waals surface area contributed by atoms with Crippen LogP contribution in [0.1, 0.15) is 29.3 Å². The van der Waals surface area contributed by atoms with Crippen LogP contribution >= 0.6 is 15.9 Å². The first-order valence-corrected chi connectivity index (χ1v) is 6.42. The maximum absolute atomic E-state index is 12.0. The lowest BCUT2D eigenvalue weighted by molar-refractivity contribution is -0.146. The quantitative estimate of drug-likeness (QED) is 0.636. The highest BCUT2D eigenvalue weighted by Crippen LogP contribution is 2.29. The van der Waals surface area contributed by atoms with E-state index in [9.17, 15) is 9.59 Å². The Morgan fingerprint density at radius 3 is 3.00 bits per heavy atom. The molecule has 0 amide bonds. The number of esters is 1. The van der Waals surface area contributed by atoms with Gasteiger partial charge in [0.25, 0.3) is 0 Å². The Kier molecular flexibility index (Phi) is 3.62. The van der Waals surface area contributed by atoms with E-state index in [0.717, 1.165) is 16.5 Å². The van der Waals surface area contributed by atoms with Crippen LogP contribution in [0.4, 0.5) is 0 Å². The fourth-order valence-corrected chi connectivity index (χ4v) is 2.37. The molecule has 0 N–H and O–H groups in total. The molecule has 0 aromatic heterocycles. The first-order valence-electron chi connectivity index (χ1n) is 5.62. The summed E-state index contributed by atoms with van der Waals surface area (Å²) < 4.78 is 5.96. The third-order valence-electron chi connectivity index (χ3n) is 2.81. The number of fused-ring (bicyclic) bond motifs is 1. The van der Waals surface area contributed by atoms with E-state index >= 15 is 0 Å². The number of Topliss-reactive ketones (excluding diaryl/α,β-unsaturated/α-hetero) is 1. The monoisotopic (exact) mass is 296 g/mol. The molecule has 0 saturated carbocycles. The van der Waals surface area contributed by atoms with Gasteiger partial charge >= 0.3 is 5.97 Å². The number of benzene rings is 1. The van der Waals surface area contributed by atoms with Gasteiger partial charge in [0.05, 0.1) is 6.61 Å². The largest absolute Gasteiger partial charge is 0.465 e. The fourth-order valence-electron chi connectivity index (χ4n) is 1.97. The summed E-state index contributed by atoms with van der Waals surface area (Å²) in [5.41, 5.74) is 1.56. The summed E-state index contributed by atoms with van der Waals surface area (Å²) in [4.78, 5) is 23.7. The van der Waals surface area contributed by atoms with Crippen LogP contribution in [0.15, 0.2) is 22.7 Å². The summed E-state index contributed by atoms with van der Waals surface area (Å²) >= 11 is 3.36. The van der Waals surface area contributed by atoms with Gasteiger partial charge in [-0.05, 0) is 36.6 Å². The molecule has 0 bridgehead atoms. The predicted octanol–water partition coefficient (Wildman–Crippen LogP) is 2.76. The highest BCUT2D eigenvalue weighted by Gasteiger charge is 2.36. The molecule has 0 spiro atoms. The summed E-state index contributed by atoms with van der Waals surface area (Å²) in [6.07, 6.45) is 1.22. The van der Waals surface area contributed by atoms with E-state index in [0.29, 0.717) is 18.6 Å². The summed E-state index contributed by atoms with van der Waals surface area (Å²) in [6.45, 7) is 2.30. The van der Waals surface area contributed by atoms with Crippen LogP contribution in [-0.2, 0) is 16.0 Å². The molecule has 17 heavy (non-hydrogen) atoms. The normalized spacial score (nSPS) is 18.0. The SMILES string of the molecule is CCCOC(=O)C1Cc2cc(Br)ccc2C1=O. The van der Waals surface area contributed by atoms with Gasteiger partial charge in [-0.2, -0.15) is 0 Å². The van der Waals surface area contributed by atoms with Crippen molar-refractivity contribution in [2.75, 3.05) is 6.61 Å². The Hall–Kier alpha value is -1.16. The minimum atomic E-state index is -0.647. The Morgan fingerprint density at radius 1 is 1.53 bits per heavy atom.